The van der Waals surface area contributed by atoms with Gasteiger partial charge in [0.05, 0.1) is 0 Å². The molecule has 0 saturated carbocycles. The van der Waals surface area contributed by atoms with Crippen molar-refractivity contribution in [2.75, 3.05) is 5.73 Å². The lowest BCUT2D eigenvalue weighted by atomic mass is 10.0. The van der Waals surface area contributed by atoms with Crippen LogP contribution in [0.5, 0.6) is 0 Å². The summed E-state index contributed by atoms with van der Waals surface area (Å²) in [6.45, 7) is 4.29. The van der Waals surface area contributed by atoms with E-state index in [0.717, 1.165) is 18.7 Å². The summed E-state index contributed by atoms with van der Waals surface area (Å²) in [7, 11) is 0. The highest BCUT2D eigenvalue weighted by molar-refractivity contribution is 7.09. The SMILES string of the molecule is CCC(CC)c1nsc(N)n1. The maximum absolute atomic E-state index is 5.47. The molecule has 1 rings (SSSR count). The first-order valence-corrected chi connectivity index (χ1v) is 4.64. The van der Waals surface area contributed by atoms with Crippen molar-refractivity contribution in [3.05, 3.63) is 5.82 Å². The molecule has 0 aliphatic rings. The summed E-state index contributed by atoms with van der Waals surface area (Å²) in [5, 5.41) is 0.576. The van der Waals surface area contributed by atoms with Gasteiger partial charge >= 0.3 is 0 Å². The van der Waals surface area contributed by atoms with Crippen LogP contribution in [-0.4, -0.2) is 9.36 Å². The summed E-state index contributed by atoms with van der Waals surface area (Å²) in [6, 6.07) is 0. The molecule has 0 radical (unpaired) electrons. The molecule has 2 N–H and O–H groups in total. The predicted octanol–water partition coefficient (Wildman–Crippen LogP) is 2.02. The van der Waals surface area contributed by atoms with E-state index in [-0.39, 0.29) is 0 Å². The second-order valence-electron chi connectivity index (χ2n) is 2.50. The molecule has 0 atom stereocenters. The van der Waals surface area contributed by atoms with E-state index in [2.05, 4.69) is 23.2 Å². The fourth-order valence-corrected chi connectivity index (χ4v) is 1.58. The Kier molecular flexibility index (Phi) is 2.82. The van der Waals surface area contributed by atoms with Crippen LogP contribution in [0.25, 0.3) is 0 Å². The zero-order valence-corrected chi connectivity index (χ0v) is 7.69. The van der Waals surface area contributed by atoms with E-state index in [0.29, 0.717) is 11.0 Å². The van der Waals surface area contributed by atoms with E-state index in [9.17, 15) is 0 Å². The molecule has 0 spiro atoms. The highest BCUT2D eigenvalue weighted by Crippen LogP contribution is 2.21. The Morgan fingerprint density at radius 2 is 2.09 bits per heavy atom. The summed E-state index contributed by atoms with van der Waals surface area (Å²) in [5.74, 6) is 1.40. The third-order valence-electron chi connectivity index (χ3n) is 1.81. The van der Waals surface area contributed by atoms with Gasteiger partial charge in [0.2, 0.25) is 0 Å². The van der Waals surface area contributed by atoms with Gasteiger partial charge in [0.15, 0.2) is 5.13 Å². The second kappa shape index (κ2) is 3.67. The van der Waals surface area contributed by atoms with Gasteiger partial charge in [0.25, 0.3) is 0 Å². The minimum Gasteiger partial charge on any atom is -0.374 e. The Morgan fingerprint density at radius 1 is 1.45 bits per heavy atom. The number of hydrogen-bond donors (Lipinski definition) is 1. The quantitative estimate of drug-likeness (QED) is 0.757. The molecule has 0 saturated heterocycles. The van der Waals surface area contributed by atoms with Gasteiger partial charge in [-0.1, -0.05) is 13.8 Å². The molecule has 0 aliphatic carbocycles. The zero-order valence-electron chi connectivity index (χ0n) is 6.87. The maximum Gasteiger partial charge on any atom is 0.199 e. The smallest absolute Gasteiger partial charge is 0.199 e. The van der Waals surface area contributed by atoms with Crippen molar-refractivity contribution in [2.24, 2.45) is 0 Å². The van der Waals surface area contributed by atoms with Crippen LogP contribution in [-0.2, 0) is 0 Å². The van der Waals surface area contributed by atoms with Crippen LogP contribution >= 0.6 is 11.5 Å². The summed E-state index contributed by atoms with van der Waals surface area (Å²) in [4.78, 5) is 4.14. The number of nitrogen functional groups attached to an aromatic ring is 1. The Balaban J connectivity index is 2.73. The molecule has 0 bridgehead atoms. The first-order chi connectivity index (χ1) is 5.27. The van der Waals surface area contributed by atoms with Crippen LogP contribution in [0.15, 0.2) is 0 Å². The Hall–Kier alpha value is -0.640. The first-order valence-electron chi connectivity index (χ1n) is 3.87. The lowest BCUT2D eigenvalue weighted by molar-refractivity contribution is 0.611. The molecule has 4 heteroatoms. The molecule has 1 heterocycles. The molecular formula is C7H13N3S. The van der Waals surface area contributed by atoms with Crippen LogP contribution in [0.1, 0.15) is 38.4 Å². The van der Waals surface area contributed by atoms with E-state index in [1.165, 1.54) is 11.5 Å². The summed E-state index contributed by atoms with van der Waals surface area (Å²) >= 11 is 1.28. The Bertz CT molecular complexity index is 217. The molecule has 1 aromatic heterocycles. The Morgan fingerprint density at radius 3 is 2.45 bits per heavy atom. The first kappa shape index (κ1) is 8.46. The van der Waals surface area contributed by atoms with Gasteiger partial charge in [-0.3, -0.25) is 0 Å². The van der Waals surface area contributed by atoms with Crippen LogP contribution < -0.4 is 5.73 Å². The summed E-state index contributed by atoms with van der Waals surface area (Å²) < 4.78 is 4.16. The molecule has 0 aromatic carbocycles. The molecule has 62 valence electrons. The fraction of sp³-hybridized carbons (Fsp3) is 0.714. The number of aromatic nitrogens is 2. The molecular weight excluding hydrogens is 158 g/mol. The van der Waals surface area contributed by atoms with Crippen LogP contribution in [0.4, 0.5) is 5.13 Å². The molecule has 0 aliphatic heterocycles. The van der Waals surface area contributed by atoms with Gasteiger partial charge in [-0.25, -0.2) is 4.98 Å². The van der Waals surface area contributed by atoms with Gasteiger partial charge in [-0.2, -0.15) is 4.37 Å². The van der Waals surface area contributed by atoms with Crippen molar-refractivity contribution in [2.45, 2.75) is 32.6 Å². The van der Waals surface area contributed by atoms with Gasteiger partial charge in [0, 0.05) is 17.5 Å². The minimum atomic E-state index is 0.489. The normalized spacial score (nSPS) is 10.8. The van der Waals surface area contributed by atoms with E-state index >= 15 is 0 Å². The van der Waals surface area contributed by atoms with Crippen LogP contribution in [0, 0.1) is 0 Å². The number of nitrogens with zero attached hydrogens (tertiary/aromatic N) is 2. The van der Waals surface area contributed by atoms with Crippen molar-refractivity contribution in [1.29, 1.82) is 0 Å². The third kappa shape index (κ3) is 1.89. The molecule has 0 fully saturated rings. The topological polar surface area (TPSA) is 51.8 Å². The largest absolute Gasteiger partial charge is 0.374 e. The average molecular weight is 171 g/mol. The van der Waals surface area contributed by atoms with Crippen molar-refractivity contribution >= 4 is 16.7 Å². The zero-order chi connectivity index (χ0) is 8.27. The summed E-state index contributed by atoms with van der Waals surface area (Å²) in [5.41, 5.74) is 5.47. The molecule has 0 unspecified atom stereocenters. The van der Waals surface area contributed by atoms with E-state index in [1.807, 2.05) is 0 Å². The lowest BCUT2D eigenvalue weighted by Gasteiger charge is -2.05. The van der Waals surface area contributed by atoms with Gasteiger partial charge < -0.3 is 5.73 Å². The third-order valence-corrected chi connectivity index (χ3v) is 2.36. The van der Waals surface area contributed by atoms with Crippen molar-refractivity contribution in [1.82, 2.24) is 9.36 Å². The monoisotopic (exact) mass is 171 g/mol. The Labute approximate surface area is 70.8 Å². The number of anilines is 1. The number of rotatable bonds is 3. The van der Waals surface area contributed by atoms with Gasteiger partial charge in [0.1, 0.15) is 5.82 Å². The van der Waals surface area contributed by atoms with Crippen molar-refractivity contribution in [3.63, 3.8) is 0 Å². The lowest BCUT2D eigenvalue weighted by Crippen LogP contribution is -1.97. The molecule has 0 amide bonds. The number of nitrogens with two attached hydrogens (primary N) is 1. The number of hydrogen-bond acceptors (Lipinski definition) is 4. The minimum absolute atomic E-state index is 0.489. The average Bonchev–Trinajstić information content (AvgIpc) is 2.39. The van der Waals surface area contributed by atoms with Crippen molar-refractivity contribution in [3.8, 4) is 0 Å². The maximum atomic E-state index is 5.47. The molecule has 1 aromatic rings. The van der Waals surface area contributed by atoms with Crippen LogP contribution in [0.3, 0.4) is 0 Å². The molecule has 3 nitrogen and oxygen atoms in total. The van der Waals surface area contributed by atoms with E-state index in [4.69, 9.17) is 5.73 Å². The van der Waals surface area contributed by atoms with Gasteiger partial charge in [-0.15, -0.1) is 0 Å². The highest BCUT2D eigenvalue weighted by Gasteiger charge is 2.11. The van der Waals surface area contributed by atoms with E-state index in [1.54, 1.807) is 0 Å². The van der Waals surface area contributed by atoms with Crippen LogP contribution in [0.2, 0.25) is 0 Å². The van der Waals surface area contributed by atoms with Gasteiger partial charge in [-0.05, 0) is 12.8 Å². The van der Waals surface area contributed by atoms with Crippen molar-refractivity contribution < 1.29 is 0 Å². The van der Waals surface area contributed by atoms with E-state index < -0.39 is 0 Å². The second-order valence-corrected chi connectivity index (χ2v) is 3.29. The standard InChI is InChI=1S/C7H13N3S/c1-3-5(4-2)6-9-7(8)11-10-6/h5H,3-4H2,1-2H3,(H2,8,9,10). The molecule has 11 heavy (non-hydrogen) atoms. The predicted molar refractivity (Wildman–Crippen MR) is 47.6 cm³/mol. The highest BCUT2D eigenvalue weighted by atomic mass is 32.1. The fourth-order valence-electron chi connectivity index (χ4n) is 1.07. The summed E-state index contributed by atoms with van der Waals surface area (Å²) in [6.07, 6.45) is 2.18.